The van der Waals surface area contributed by atoms with Crippen molar-refractivity contribution in [3.05, 3.63) is 25.6 Å². The summed E-state index contributed by atoms with van der Waals surface area (Å²) in [4.78, 5) is 29.7. The third-order valence-corrected chi connectivity index (χ3v) is 5.90. The molecule has 2 aromatic rings. The molecular formula is C14H15N3O2S2. The summed E-state index contributed by atoms with van der Waals surface area (Å²) in [7, 11) is 0. The predicted molar refractivity (Wildman–Crippen MR) is 84.6 cm³/mol. The van der Waals surface area contributed by atoms with Crippen molar-refractivity contribution in [2.75, 3.05) is 6.54 Å². The molecule has 1 atom stereocenters. The molecule has 4 rings (SSSR count). The zero-order valence-electron chi connectivity index (χ0n) is 11.4. The number of nitrogens with zero attached hydrogens (tertiary/aromatic N) is 1. The molecule has 1 amide bonds. The fourth-order valence-electron chi connectivity index (χ4n) is 3.36. The van der Waals surface area contributed by atoms with Crippen LogP contribution in [-0.4, -0.2) is 22.0 Å². The summed E-state index contributed by atoms with van der Waals surface area (Å²) in [6.07, 6.45) is 4.29. The molecule has 3 heterocycles. The number of aromatic nitrogens is 2. The molecule has 0 saturated carbocycles. The van der Waals surface area contributed by atoms with Crippen molar-refractivity contribution in [3.63, 3.8) is 0 Å². The molecule has 2 aliphatic rings. The monoisotopic (exact) mass is 321 g/mol. The van der Waals surface area contributed by atoms with Crippen molar-refractivity contribution in [3.8, 4) is 0 Å². The number of nitrogens with one attached hydrogen (secondary N) is 2. The lowest BCUT2D eigenvalue weighted by atomic mass is 10.1. The van der Waals surface area contributed by atoms with Gasteiger partial charge < -0.3 is 10.3 Å². The number of hydrogen-bond donors (Lipinski definition) is 2. The Morgan fingerprint density at radius 3 is 2.86 bits per heavy atom. The number of aryl methyl sites for hydroxylation is 2. The fourth-order valence-corrected chi connectivity index (χ4v) is 5.04. The van der Waals surface area contributed by atoms with Crippen molar-refractivity contribution in [1.82, 2.24) is 14.9 Å². The Balaban J connectivity index is 1.91. The van der Waals surface area contributed by atoms with Gasteiger partial charge in [0.2, 0.25) is 5.91 Å². The largest absolute Gasteiger partial charge is 0.354 e. The summed E-state index contributed by atoms with van der Waals surface area (Å²) in [6, 6.07) is -0.0414. The SMILES string of the molecule is O=C1CCC(n2c(=S)[nH]c3sc4c(c3c2=O)CCC4)CN1. The van der Waals surface area contributed by atoms with Gasteiger partial charge in [-0.2, -0.15) is 0 Å². The van der Waals surface area contributed by atoms with E-state index in [4.69, 9.17) is 12.2 Å². The zero-order chi connectivity index (χ0) is 14.6. The first-order valence-electron chi connectivity index (χ1n) is 7.21. The maximum absolute atomic E-state index is 12.9. The van der Waals surface area contributed by atoms with Gasteiger partial charge in [-0.1, -0.05) is 0 Å². The molecule has 21 heavy (non-hydrogen) atoms. The Hall–Kier alpha value is -1.47. The minimum absolute atomic E-state index is 0.00861. The van der Waals surface area contributed by atoms with Gasteiger partial charge in [-0.3, -0.25) is 14.2 Å². The number of carbonyl (C=O) groups is 1. The Morgan fingerprint density at radius 2 is 2.10 bits per heavy atom. The Kier molecular flexibility index (Phi) is 3.00. The molecule has 1 saturated heterocycles. The summed E-state index contributed by atoms with van der Waals surface area (Å²) in [5.41, 5.74) is 1.22. The molecule has 1 aliphatic heterocycles. The van der Waals surface area contributed by atoms with E-state index in [1.54, 1.807) is 15.9 Å². The third-order valence-electron chi connectivity index (χ3n) is 4.40. The second-order valence-corrected chi connectivity index (χ2v) is 7.16. The average molecular weight is 321 g/mol. The van der Waals surface area contributed by atoms with Crippen LogP contribution < -0.4 is 10.9 Å². The molecule has 2 N–H and O–H groups in total. The average Bonchev–Trinajstić information content (AvgIpc) is 3.00. The number of H-pyrrole nitrogens is 1. The second kappa shape index (κ2) is 4.78. The van der Waals surface area contributed by atoms with Crippen LogP contribution in [0.25, 0.3) is 10.2 Å². The van der Waals surface area contributed by atoms with E-state index in [2.05, 4.69) is 10.3 Å². The summed E-state index contributed by atoms with van der Waals surface area (Å²) in [5.74, 6) is 0.0479. The van der Waals surface area contributed by atoms with Crippen LogP contribution in [0.5, 0.6) is 0 Å². The number of piperidine rings is 1. The van der Waals surface area contributed by atoms with Crippen LogP contribution in [0.15, 0.2) is 4.79 Å². The minimum Gasteiger partial charge on any atom is -0.354 e. The Labute approximate surface area is 130 Å². The van der Waals surface area contributed by atoms with E-state index in [0.29, 0.717) is 24.2 Å². The smallest absolute Gasteiger partial charge is 0.263 e. The van der Waals surface area contributed by atoms with Gasteiger partial charge in [0.05, 0.1) is 11.4 Å². The molecule has 2 aromatic heterocycles. The number of rotatable bonds is 1. The maximum Gasteiger partial charge on any atom is 0.263 e. The number of fused-ring (bicyclic) bond motifs is 3. The molecule has 0 aromatic carbocycles. The zero-order valence-corrected chi connectivity index (χ0v) is 13.0. The minimum atomic E-state index is -0.0414. The highest BCUT2D eigenvalue weighted by Gasteiger charge is 2.25. The van der Waals surface area contributed by atoms with Gasteiger partial charge in [0, 0.05) is 17.8 Å². The quantitative estimate of drug-likeness (QED) is 0.790. The first kappa shape index (κ1) is 13.2. The van der Waals surface area contributed by atoms with E-state index in [1.807, 2.05) is 0 Å². The normalized spacial score (nSPS) is 21.5. The molecule has 0 bridgehead atoms. The van der Waals surface area contributed by atoms with Gasteiger partial charge in [0.15, 0.2) is 4.77 Å². The van der Waals surface area contributed by atoms with Crippen LogP contribution in [0, 0.1) is 4.77 Å². The van der Waals surface area contributed by atoms with Crippen LogP contribution in [0.1, 0.15) is 35.7 Å². The fraction of sp³-hybridized carbons (Fsp3) is 0.500. The van der Waals surface area contributed by atoms with E-state index in [0.717, 1.165) is 29.5 Å². The summed E-state index contributed by atoms with van der Waals surface area (Å²) < 4.78 is 2.14. The lowest BCUT2D eigenvalue weighted by Gasteiger charge is -2.24. The van der Waals surface area contributed by atoms with Crippen LogP contribution >= 0.6 is 23.6 Å². The first-order valence-corrected chi connectivity index (χ1v) is 8.43. The van der Waals surface area contributed by atoms with Crippen LogP contribution in [0.3, 0.4) is 0 Å². The highest BCUT2D eigenvalue weighted by Crippen LogP contribution is 2.34. The third kappa shape index (κ3) is 1.98. The lowest BCUT2D eigenvalue weighted by Crippen LogP contribution is -2.40. The highest BCUT2D eigenvalue weighted by atomic mass is 32.1. The molecule has 0 radical (unpaired) electrons. The van der Waals surface area contributed by atoms with Crippen molar-refractivity contribution < 1.29 is 4.79 Å². The van der Waals surface area contributed by atoms with Crippen molar-refractivity contribution >= 4 is 39.7 Å². The van der Waals surface area contributed by atoms with E-state index < -0.39 is 0 Å². The molecule has 110 valence electrons. The van der Waals surface area contributed by atoms with E-state index in [9.17, 15) is 9.59 Å². The second-order valence-electron chi connectivity index (χ2n) is 5.66. The number of amides is 1. The predicted octanol–water partition coefficient (Wildman–Crippen LogP) is 2.06. The van der Waals surface area contributed by atoms with Gasteiger partial charge in [-0.25, -0.2) is 0 Å². The topological polar surface area (TPSA) is 66.9 Å². The highest BCUT2D eigenvalue weighted by molar-refractivity contribution is 7.71. The van der Waals surface area contributed by atoms with Gasteiger partial charge in [0.1, 0.15) is 4.83 Å². The molecular weight excluding hydrogens is 306 g/mol. The summed E-state index contributed by atoms with van der Waals surface area (Å²) >= 11 is 7.05. The first-order chi connectivity index (χ1) is 10.1. The van der Waals surface area contributed by atoms with Crippen molar-refractivity contribution in [1.29, 1.82) is 0 Å². The van der Waals surface area contributed by atoms with Gasteiger partial charge in [0.25, 0.3) is 5.56 Å². The van der Waals surface area contributed by atoms with Crippen molar-refractivity contribution in [2.45, 2.75) is 38.1 Å². The number of thiophene rings is 1. The van der Waals surface area contributed by atoms with E-state index >= 15 is 0 Å². The molecule has 5 nitrogen and oxygen atoms in total. The van der Waals surface area contributed by atoms with Crippen LogP contribution in [0.2, 0.25) is 0 Å². The van der Waals surface area contributed by atoms with Gasteiger partial charge in [-0.15, -0.1) is 11.3 Å². The number of carbonyl (C=O) groups excluding carboxylic acids is 1. The van der Waals surface area contributed by atoms with Crippen molar-refractivity contribution in [2.24, 2.45) is 0 Å². The van der Waals surface area contributed by atoms with Crippen LogP contribution in [-0.2, 0) is 17.6 Å². The summed E-state index contributed by atoms with van der Waals surface area (Å²) in [5, 5.41) is 3.64. The molecule has 1 unspecified atom stereocenters. The van der Waals surface area contributed by atoms with E-state index in [1.165, 1.54) is 10.4 Å². The molecule has 1 fully saturated rings. The molecule has 7 heteroatoms. The Morgan fingerprint density at radius 1 is 1.24 bits per heavy atom. The van der Waals surface area contributed by atoms with Gasteiger partial charge in [-0.05, 0) is 43.5 Å². The number of aromatic amines is 1. The van der Waals surface area contributed by atoms with Gasteiger partial charge >= 0.3 is 0 Å². The summed E-state index contributed by atoms with van der Waals surface area (Å²) in [6.45, 7) is 0.480. The lowest BCUT2D eigenvalue weighted by molar-refractivity contribution is -0.122. The van der Waals surface area contributed by atoms with E-state index in [-0.39, 0.29) is 17.5 Å². The molecule has 1 aliphatic carbocycles. The van der Waals surface area contributed by atoms with Crippen LogP contribution in [0.4, 0.5) is 0 Å². The maximum atomic E-state index is 12.9. The standard InChI is InChI=1S/C14H15N3O2S2/c18-10-5-4-7(6-15-10)17-13(19)11-8-2-1-3-9(8)21-12(11)16-14(17)20/h7H,1-6H2,(H,15,18)(H,16,20). The Bertz CT molecular complexity index is 851. The number of hydrogen-bond acceptors (Lipinski definition) is 4. The molecule has 0 spiro atoms.